The first-order chi connectivity index (χ1) is 13.8. The molecule has 29 heavy (non-hydrogen) atoms. The Kier molecular flexibility index (Phi) is 3.93. The number of fused-ring (bicyclic) bond motifs is 2. The van der Waals surface area contributed by atoms with Crippen LogP contribution in [-0.4, -0.2) is 29.6 Å². The van der Waals surface area contributed by atoms with Crippen molar-refractivity contribution in [2.75, 3.05) is 6.54 Å². The highest BCUT2D eigenvalue weighted by Gasteiger charge is 2.48. The highest BCUT2D eigenvalue weighted by atomic mass is 16.6. The molecule has 4 nitrogen and oxygen atoms in total. The molecule has 3 heterocycles. The fourth-order valence-corrected chi connectivity index (χ4v) is 4.19. The Labute approximate surface area is 171 Å². The van der Waals surface area contributed by atoms with E-state index in [9.17, 15) is 0 Å². The number of rotatable bonds is 1. The second kappa shape index (κ2) is 6.19. The number of ether oxygens (including phenoxy) is 3. The van der Waals surface area contributed by atoms with E-state index in [0.717, 1.165) is 39.5 Å². The molecule has 3 aliphatic heterocycles. The molecule has 0 amide bonds. The average molecular weight is 387 g/mol. The van der Waals surface area contributed by atoms with E-state index in [0.29, 0.717) is 6.54 Å². The fourth-order valence-electron chi connectivity index (χ4n) is 4.19. The van der Waals surface area contributed by atoms with E-state index >= 15 is 0 Å². The fraction of sp³-hybridized carbons (Fsp3) is 0.400. The summed E-state index contributed by atoms with van der Waals surface area (Å²) in [4.78, 5) is 4.74. The summed E-state index contributed by atoms with van der Waals surface area (Å²) in [5.74, 6) is 7.91. The summed E-state index contributed by atoms with van der Waals surface area (Å²) < 4.78 is 19.1. The molecule has 1 fully saturated rings. The average Bonchev–Trinajstić information content (AvgIpc) is 2.88. The molecule has 3 aliphatic rings. The third-order valence-electron chi connectivity index (χ3n) is 6.39. The summed E-state index contributed by atoms with van der Waals surface area (Å²) in [6, 6.07) is 12.2. The number of benzene rings is 2. The monoisotopic (exact) mass is 387 g/mol. The van der Waals surface area contributed by atoms with E-state index in [1.165, 1.54) is 0 Å². The van der Waals surface area contributed by atoms with Gasteiger partial charge in [0.15, 0.2) is 0 Å². The highest BCUT2D eigenvalue weighted by molar-refractivity contribution is 6.18. The smallest absolute Gasteiger partial charge is 0.138 e. The van der Waals surface area contributed by atoms with Crippen molar-refractivity contribution in [2.24, 2.45) is 4.99 Å². The van der Waals surface area contributed by atoms with Gasteiger partial charge in [0.2, 0.25) is 0 Å². The van der Waals surface area contributed by atoms with Crippen molar-refractivity contribution in [3.8, 4) is 23.3 Å². The van der Waals surface area contributed by atoms with Gasteiger partial charge in [0, 0.05) is 11.1 Å². The Hall–Kier alpha value is -2.61. The molecule has 0 spiro atoms. The first kappa shape index (κ1) is 18.4. The van der Waals surface area contributed by atoms with Crippen LogP contribution < -0.4 is 4.74 Å². The zero-order valence-corrected chi connectivity index (χ0v) is 17.5. The topological polar surface area (TPSA) is 40.0 Å². The van der Waals surface area contributed by atoms with Gasteiger partial charge in [-0.3, -0.25) is 4.99 Å². The van der Waals surface area contributed by atoms with Crippen LogP contribution in [0.4, 0.5) is 0 Å². The Bertz CT molecular complexity index is 1100. The van der Waals surface area contributed by atoms with E-state index in [1.54, 1.807) is 0 Å². The third-order valence-corrected chi connectivity index (χ3v) is 6.39. The largest absolute Gasteiger partial charge is 0.456 e. The minimum atomic E-state index is -0.412. The van der Waals surface area contributed by atoms with Crippen LogP contribution in [-0.2, 0) is 9.47 Å². The van der Waals surface area contributed by atoms with E-state index in [1.807, 2.05) is 18.2 Å². The maximum atomic E-state index is 6.52. The lowest BCUT2D eigenvalue weighted by Gasteiger charge is -2.51. The predicted octanol–water partition coefficient (Wildman–Crippen LogP) is 5.03. The Morgan fingerprint density at radius 3 is 2.62 bits per heavy atom. The molecular weight excluding hydrogens is 362 g/mol. The third kappa shape index (κ3) is 2.80. The van der Waals surface area contributed by atoms with Gasteiger partial charge in [0.1, 0.15) is 24.1 Å². The zero-order valence-electron chi connectivity index (χ0n) is 17.5. The number of aliphatic imine (C=N–C) groups is 1. The molecule has 2 aromatic rings. The van der Waals surface area contributed by atoms with Crippen LogP contribution in [0.5, 0.6) is 11.5 Å². The van der Waals surface area contributed by atoms with Gasteiger partial charge in [-0.05, 0) is 64.4 Å². The summed E-state index contributed by atoms with van der Waals surface area (Å²) in [6.07, 6.45) is -0.235. The van der Waals surface area contributed by atoms with Gasteiger partial charge >= 0.3 is 0 Å². The SMILES string of the molecule is CC1OC(C)(C)C(C)(C)OC1c1ccc2c(c1)Oc1cccc3c1C2=NCC#C3. The molecule has 1 saturated heterocycles. The minimum absolute atomic E-state index is 0.0674. The van der Waals surface area contributed by atoms with Crippen molar-refractivity contribution >= 4 is 5.71 Å². The number of hydrogen-bond acceptors (Lipinski definition) is 4. The van der Waals surface area contributed by atoms with Crippen LogP contribution in [0.25, 0.3) is 0 Å². The van der Waals surface area contributed by atoms with Crippen molar-refractivity contribution in [3.05, 3.63) is 58.7 Å². The molecular formula is C25H25NO3. The summed E-state index contributed by atoms with van der Waals surface area (Å²) in [5, 5.41) is 0. The number of nitrogens with zero attached hydrogens (tertiary/aromatic N) is 1. The molecule has 2 aromatic carbocycles. The molecule has 0 saturated carbocycles. The Morgan fingerprint density at radius 2 is 1.79 bits per heavy atom. The lowest BCUT2D eigenvalue weighted by molar-refractivity contribution is -0.293. The molecule has 5 rings (SSSR count). The van der Waals surface area contributed by atoms with Crippen LogP contribution in [0.3, 0.4) is 0 Å². The van der Waals surface area contributed by atoms with Crippen molar-refractivity contribution in [1.29, 1.82) is 0 Å². The van der Waals surface area contributed by atoms with E-state index in [4.69, 9.17) is 19.2 Å². The van der Waals surface area contributed by atoms with Crippen LogP contribution in [0.1, 0.15) is 63.0 Å². The second-order valence-corrected chi connectivity index (χ2v) is 8.89. The zero-order chi connectivity index (χ0) is 20.4. The normalized spacial score (nSPS) is 25.3. The Morgan fingerprint density at radius 1 is 1.00 bits per heavy atom. The minimum Gasteiger partial charge on any atom is -0.456 e. The quantitative estimate of drug-likeness (QED) is 0.550. The van der Waals surface area contributed by atoms with Gasteiger partial charge in [-0.15, -0.1) is 0 Å². The van der Waals surface area contributed by atoms with Gasteiger partial charge in [0.05, 0.1) is 28.6 Å². The van der Waals surface area contributed by atoms with Crippen molar-refractivity contribution in [1.82, 2.24) is 0 Å². The molecule has 0 N–H and O–H groups in total. The Balaban J connectivity index is 1.56. The van der Waals surface area contributed by atoms with Gasteiger partial charge in [-0.1, -0.05) is 24.0 Å². The lowest BCUT2D eigenvalue weighted by atomic mass is 9.85. The molecule has 0 radical (unpaired) electrons. The maximum absolute atomic E-state index is 6.52. The molecule has 4 heteroatoms. The van der Waals surface area contributed by atoms with Crippen molar-refractivity contribution < 1.29 is 14.2 Å². The van der Waals surface area contributed by atoms with Gasteiger partial charge < -0.3 is 14.2 Å². The summed E-state index contributed by atoms with van der Waals surface area (Å²) in [7, 11) is 0. The van der Waals surface area contributed by atoms with Gasteiger partial charge in [-0.2, -0.15) is 0 Å². The van der Waals surface area contributed by atoms with Crippen molar-refractivity contribution in [2.45, 2.75) is 58.0 Å². The standard InChI is InChI=1S/C25H25NO3/c1-15-23(29-25(4,5)24(2,3)28-15)17-11-12-18-20(14-17)27-19-10-6-8-16-9-7-13-26-22(18)21(16)19/h6,8,10-12,14-15,23H,13H2,1-5H3. The first-order valence-corrected chi connectivity index (χ1v) is 10.1. The molecule has 0 bridgehead atoms. The van der Waals surface area contributed by atoms with Crippen LogP contribution in [0.15, 0.2) is 41.4 Å². The maximum Gasteiger partial charge on any atom is 0.138 e. The predicted molar refractivity (Wildman–Crippen MR) is 113 cm³/mol. The molecule has 2 unspecified atom stereocenters. The van der Waals surface area contributed by atoms with Gasteiger partial charge in [0.25, 0.3) is 0 Å². The van der Waals surface area contributed by atoms with E-state index in [2.05, 4.69) is 64.7 Å². The van der Waals surface area contributed by atoms with Crippen LogP contribution >= 0.6 is 0 Å². The number of hydrogen-bond donors (Lipinski definition) is 0. The van der Waals surface area contributed by atoms with Gasteiger partial charge in [-0.25, -0.2) is 0 Å². The lowest BCUT2D eigenvalue weighted by Crippen LogP contribution is -2.57. The first-order valence-electron chi connectivity index (χ1n) is 10.1. The van der Waals surface area contributed by atoms with E-state index < -0.39 is 5.60 Å². The van der Waals surface area contributed by atoms with Crippen molar-refractivity contribution in [3.63, 3.8) is 0 Å². The molecule has 148 valence electrons. The second-order valence-electron chi connectivity index (χ2n) is 8.89. The molecule has 0 aliphatic carbocycles. The molecule has 2 atom stereocenters. The highest BCUT2D eigenvalue weighted by Crippen LogP contribution is 2.45. The van der Waals surface area contributed by atoms with Crippen LogP contribution in [0.2, 0.25) is 0 Å². The van der Waals surface area contributed by atoms with E-state index in [-0.39, 0.29) is 17.8 Å². The summed E-state index contributed by atoms with van der Waals surface area (Å²) in [5.41, 5.74) is 4.16. The van der Waals surface area contributed by atoms with Crippen LogP contribution in [0, 0.1) is 11.8 Å². The summed E-state index contributed by atoms with van der Waals surface area (Å²) in [6.45, 7) is 10.9. The molecule has 0 aromatic heterocycles. The summed E-state index contributed by atoms with van der Waals surface area (Å²) >= 11 is 0.